The van der Waals surface area contributed by atoms with E-state index < -0.39 is 0 Å². The van der Waals surface area contributed by atoms with Crippen LogP contribution in [0.5, 0.6) is 5.75 Å². The van der Waals surface area contributed by atoms with Gasteiger partial charge in [-0.15, -0.1) is 0 Å². The Kier molecular flexibility index (Phi) is 7.49. The monoisotopic (exact) mass is 360 g/mol. The molecule has 0 radical (unpaired) electrons. The molecular formula is C21H32N2O3. The lowest BCUT2D eigenvalue weighted by Gasteiger charge is -2.28. The lowest BCUT2D eigenvalue weighted by molar-refractivity contribution is -0.129. The van der Waals surface area contributed by atoms with E-state index >= 15 is 0 Å². The minimum atomic E-state index is -0.0465. The van der Waals surface area contributed by atoms with Crippen LogP contribution in [0.15, 0.2) is 24.3 Å². The summed E-state index contributed by atoms with van der Waals surface area (Å²) in [4.78, 5) is 24.9. The fourth-order valence-corrected chi connectivity index (χ4v) is 3.24. The zero-order valence-electron chi connectivity index (χ0n) is 16.4. The Balaban J connectivity index is 1.88. The number of carbonyl (C=O) groups excluding carboxylic acids is 2. The van der Waals surface area contributed by atoms with E-state index in [0.717, 1.165) is 32.1 Å². The SMILES string of the molecule is CCC(C)NC(=O)C1CCC(C(=O)Nc2ccccc2OC(C)C)CC1. The van der Waals surface area contributed by atoms with Gasteiger partial charge in [0.25, 0.3) is 0 Å². The van der Waals surface area contributed by atoms with Crippen LogP contribution in [0.2, 0.25) is 0 Å². The van der Waals surface area contributed by atoms with Crippen molar-refractivity contribution in [3.63, 3.8) is 0 Å². The van der Waals surface area contributed by atoms with Crippen molar-refractivity contribution in [3.05, 3.63) is 24.3 Å². The predicted octanol–water partition coefficient (Wildman–Crippen LogP) is 4.13. The Morgan fingerprint density at radius 3 is 2.19 bits per heavy atom. The predicted molar refractivity (Wildman–Crippen MR) is 104 cm³/mol. The van der Waals surface area contributed by atoms with Crippen LogP contribution in [0.4, 0.5) is 5.69 Å². The molecule has 5 heteroatoms. The lowest BCUT2D eigenvalue weighted by atomic mass is 9.81. The average Bonchev–Trinajstić information content (AvgIpc) is 2.62. The first-order chi connectivity index (χ1) is 12.4. The van der Waals surface area contributed by atoms with Crippen LogP contribution in [0, 0.1) is 11.8 Å². The summed E-state index contributed by atoms with van der Waals surface area (Å²) >= 11 is 0. The van der Waals surface area contributed by atoms with Gasteiger partial charge in [-0.2, -0.15) is 0 Å². The number of hydrogen-bond acceptors (Lipinski definition) is 3. The van der Waals surface area contributed by atoms with Crippen molar-refractivity contribution >= 4 is 17.5 Å². The number of para-hydroxylation sites is 2. The number of anilines is 1. The topological polar surface area (TPSA) is 67.4 Å². The molecule has 26 heavy (non-hydrogen) atoms. The van der Waals surface area contributed by atoms with Crippen LogP contribution in [0.3, 0.4) is 0 Å². The summed E-state index contributed by atoms with van der Waals surface area (Å²) < 4.78 is 5.76. The summed E-state index contributed by atoms with van der Waals surface area (Å²) in [6.07, 6.45) is 4.01. The van der Waals surface area contributed by atoms with Gasteiger partial charge in [0.15, 0.2) is 0 Å². The summed E-state index contributed by atoms with van der Waals surface area (Å²) in [5.74, 6) is 0.830. The van der Waals surface area contributed by atoms with Crippen molar-refractivity contribution in [3.8, 4) is 5.75 Å². The molecular weight excluding hydrogens is 328 g/mol. The van der Waals surface area contributed by atoms with Crippen LogP contribution in [0.1, 0.15) is 59.8 Å². The van der Waals surface area contributed by atoms with Crippen LogP contribution in [0.25, 0.3) is 0 Å². The molecule has 1 aliphatic carbocycles. The number of benzene rings is 1. The van der Waals surface area contributed by atoms with Crippen LogP contribution in [-0.4, -0.2) is 24.0 Å². The van der Waals surface area contributed by atoms with Gasteiger partial charge in [0.1, 0.15) is 5.75 Å². The van der Waals surface area contributed by atoms with Crippen molar-refractivity contribution in [2.24, 2.45) is 11.8 Å². The fraction of sp³-hybridized carbons (Fsp3) is 0.619. The summed E-state index contributed by atoms with van der Waals surface area (Å²) in [6, 6.07) is 7.72. The molecule has 0 bridgehead atoms. The summed E-state index contributed by atoms with van der Waals surface area (Å²) in [6.45, 7) is 8.01. The fourth-order valence-electron chi connectivity index (χ4n) is 3.24. The number of hydrogen-bond donors (Lipinski definition) is 2. The quantitative estimate of drug-likeness (QED) is 0.768. The van der Waals surface area contributed by atoms with Crippen molar-refractivity contribution in [1.29, 1.82) is 0 Å². The standard InChI is InChI=1S/C21H32N2O3/c1-5-15(4)22-20(24)16-10-12-17(13-11-16)21(25)23-18-8-6-7-9-19(18)26-14(2)3/h6-9,14-17H,5,10-13H2,1-4H3,(H,22,24)(H,23,25). The van der Waals surface area contributed by atoms with E-state index in [2.05, 4.69) is 17.6 Å². The first-order valence-electron chi connectivity index (χ1n) is 9.77. The third-order valence-electron chi connectivity index (χ3n) is 4.98. The average molecular weight is 360 g/mol. The minimum Gasteiger partial charge on any atom is -0.489 e. The smallest absolute Gasteiger partial charge is 0.227 e. The molecule has 1 fully saturated rings. The highest BCUT2D eigenvalue weighted by Crippen LogP contribution is 2.31. The Morgan fingerprint density at radius 1 is 1.04 bits per heavy atom. The van der Waals surface area contributed by atoms with Crippen molar-refractivity contribution < 1.29 is 14.3 Å². The van der Waals surface area contributed by atoms with E-state index in [4.69, 9.17) is 4.74 Å². The first kappa shape index (κ1) is 20.3. The van der Waals surface area contributed by atoms with Gasteiger partial charge in [0, 0.05) is 17.9 Å². The number of amides is 2. The molecule has 2 amide bonds. The number of ether oxygens (including phenoxy) is 1. The van der Waals surface area contributed by atoms with Gasteiger partial charge in [0.05, 0.1) is 11.8 Å². The molecule has 0 heterocycles. The molecule has 5 nitrogen and oxygen atoms in total. The molecule has 1 aromatic rings. The van der Waals surface area contributed by atoms with Gasteiger partial charge >= 0.3 is 0 Å². The Hall–Kier alpha value is -2.04. The Bertz CT molecular complexity index is 607. The maximum Gasteiger partial charge on any atom is 0.227 e. The number of rotatable bonds is 7. The maximum atomic E-state index is 12.6. The van der Waals surface area contributed by atoms with Crippen LogP contribution in [-0.2, 0) is 9.59 Å². The van der Waals surface area contributed by atoms with Gasteiger partial charge in [-0.1, -0.05) is 19.1 Å². The zero-order chi connectivity index (χ0) is 19.1. The van der Waals surface area contributed by atoms with Crippen molar-refractivity contribution in [2.75, 3.05) is 5.32 Å². The van der Waals surface area contributed by atoms with E-state index in [1.807, 2.05) is 45.0 Å². The second-order valence-corrected chi connectivity index (χ2v) is 7.52. The first-order valence-corrected chi connectivity index (χ1v) is 9.77. The highest BCUT2D eigenvalue weighted by atomic mass is 16.5. The summed E-state index contributed by atoms with van der Waals surface area (Å²) in [5.41, 5.74) is 0.711. The van der Waals surface area contributed by atoms with Gasteiger partial charge in [0.2, 0.25) is 11.8 Å². The molecule has 0 aliphatic heterocycles. The van der Waals surface area contributed by atoms with Crippen molar-refractivity contribution in [1.82, 2.24) is 5.32 Å². The number of nitrogens with one attached hydrogen (secondary N) is 2. The summed E-state index contributed by atoms with van der Waals surface area (Å²) in [7, 11) is 0. The normalized spacial score (nSPS) is 21.1. The molecule has 144 valence electrons. The molecule has 1 aromatic carbocycles. The second kappa shape index (κ2) is 9.60. The minimum absolute atomic E-state index is 0.0191. The van der Waals surface area contributed by atoms with Crippen LogP contribution >= 0.6 is 0 Å². The highest BCUT2D eigenvalue weighted by molar-refractivity contribution is 5.94. The van der Waals surface area contributed by atoms with Gasteiger partial charge in [-0.3, -0.25) is 9.59 Å². The molecule has 2 rings (SSSR count). The summed E-state index contributed by atoms with van der Waals surface area (Å²) in [5, 5.41) is 6.06. The third-order valence-corrected chi connectivity index (χ3v) is 4.98. The molecule has 1 unspecified atom stereocenters. The van der Waals surface area contributed by atoms with Crippen molar-refractivity contribution in [2.45, 2.75) is 71.9 Å². The number of carbonyl (C=O) groups is 2. The van der Waals surface area contributed by atoms with E-state index in [1.165, 1.54) is 0 Å². The molecule has 0 saturated heterocycles. The van der Waals surface area contributed by atoms with E-state index in [1.54, 1.807) is 0 Å². The van der Waals surface area contributed by atoms with Gasteiger partial charge in [-0.25, -0.2) is 0 Å². The molecule has 2 N–H and O–H groups in total. The highest BCUT2D eigenvalue weighted by Gasteiger charge is 2.30. The molecule has 1 saturated carbocycles. The van der Waals surface area contributed by atoms with Gasteiger partial charge in [-0.05, 0) is 65.0 Å². The molecule has 0 aromatic heterocycles. The molecule has 1 aliphatic rings. The largest absolute Gasteiger partial charge is 0.489 e. The third kappa shape index (κ3) is 5.75. The maximum absolute atomic E-state index is 12.6. The Labute approximate surface area is 156 Å². The van der Waals surface area contributed by atoms with E-state index in [-0.39, 0.29) is 35.8 Å². The second-order valence-electron chi connectivity index (χ2n) is 7.52. The lowest BCUT2D eigenvalue weighted by Crippen LogP contribution is -2.39. The Morgan fingerprint density at radius 2 is 1.62 bits per heavy atom. The zero-order valence-corrected chi connectivity index (χ0v) is 16.4. The molecule has 1 atom stereocenters. The van der Waals surface area contributed by atoms with Crippen LogP contribution < -0.4 is 15.4 Å². The molecule has 0 spiro atoms. The van der Waals surface area contributed by atoms with E-state index in [0.29, 0.717) is 11.4 Å². The van der Waals surface area contributed by atoms with Gasteiger partial charge < -0.3 is 15.4 Å². The van der Waals surface area contributed by atoms with E-state index in [9.17, 15) is 9.59 Å².